The topological polar surface area (TPSA) is 46.2 Å². The van der Waals surface area contributed by atoms with Gasteiger partial charge in [-0.3, -0.25) is 9.59 Å². The van der Waals surface area contributed by atoms with E-state index in [4.69, 9.17) is 0 Å². The van der Waals surface area contributed by atoms with Crippen LogP contribution in [0.3, 0.4) is 0 Å². The zero-order valence-corrected chi connectivity index (χ0v) is 12.4. The van der Waals surface area contributed by atoms with Gasteiger partial charge in [0.25, 0.3) is 5.91 Å². The van der Waals surface area contributed by atoms with Gasteiger partial charge in [0.2, 0.25) is 0 Å². The highest BCUT2D eigenvalue weighted by Gasteiger charge is 2.21. The fourth-order valence-electron chi connectivity index (χ4n) is 1.80. The van der Waals surface area contributed by atoms with Crippen molar-refractivity contribution in [1.82, 2.24) is 5.32 Å². The van der Waals surface area contributed by atoms with Gasteiger partial charge in [0.15, 0.2) is 5.78 Å². The van der Waals surface area contributed by atoms with Crippen molar-refractivity contribution in [2.45, 2.75) is 40.0 Å². The van der Waals surface area contributed by atoms with Crippen LogP contribution in [0.1, 0.15) is 50.5 Å². The molecule has 0 radical (unpaired) electrons. The first-order valence-corrected chi connectivity index (χ1v) is 6.64. The molecular formula is C16H23NO2. The second-order valence-electron chi connectivity index (χ2n) is 6.10. The van der Waals surface area contributed by atoms with Gasteiger partial charge >= 0.3 is 0 Å². The number of hydrogen-bond acceptors (Lipinski definition) is 2. The maximum Gasteiger partial charge on any atom is 0.251 e. The van der Waals surface area contributed by atoms with E-state index in [2.05, 4.69) is 26.1 Å². The van der Waals surface area contributed by atoms with Gasteiger partial charge in [0, 0.05) is 11.5 Å². The molecule has 1 aromatic carbocycles. The molecule has 0 fully saturated rings. The number of benzene rings is 1. The minimum Gasteiger partial charge on any atom is -0.345 e. The molecule has 1 rings (SSSR count). The van der Waals surface area contributed by atoms with Crippen LogP contribution in [0, 0.1) is 5.92 Å². The summed E-state index contributed by atoms with van der Waals surface area (Å²) in [6.07, 6.45) is 0. The summed E-state index contributed by atoms with van der Waals surface area (Å²) in [6.45, 7) is 9.96. The lowest BCUT2D eigenvalue weighted by Gasteiger charge is -2.22. The van der Waals surface area contributed by atoms with Crippen molar-refractivity contribution in [3.05, 3.63) is 35.4 Å². The van der Waals surface area contributed by atoms with Gasteiger partial charge in [-0.2, -0.15) is 0 Å². The Morgan fingerprint density at radius 1 is 1.16 bits per heavy atom. The van der Waals surface area contributed by atoms with Crippen LogP contribution in [0.25, 0.3) is 0 Å². The van der Waals surface area contributed by atoms with Crippen molar-refractivity contribution in [2.75, 3.05) is 6.54 Å². The molecule has 0 heterocycles. The second kappa shape index (κ2) is 6.00. The van der Waals surface area contributed by atoms with Crippen LogP contribution in [0.2, 0.25) is 0 Å². The summed E-state index contributed by atoms with van der Waals surface area (Å²) in [5, 5.41) is 2.70. The van der Waals surface area contributed by atoms with Crippen LogP contribution < -0.4 is 5.32 Å². The summed E-state index contributed by atoms with van der Waals surface area (Å²) in [5.41, 5.74) is 1.53. The maximum absolute atomic E-state index is 12.2. The Morgan fingerprint density at radius 3 is 2.26 bits per heavy atom. The molecule has 1 aromatic rings. The van der Waals surface area contributed by atoms with Crippen LogP contribution in [0.5, 0.6) is 0 Å². The lowest BCUT2D eigenvalue weighted by Crippen LogP contribution is -2.33. The number of amides is 1. The monoisotopic (exact) mass is 261 g/mol. The third kappa shape index (κ3) is 4.19. The molecule has 0 aromatic heterocycles. The predicted octanol–water partition coefficient (Wildman–Crippen LogP) is 2.94. The number of hydrogen-bond donors (Lipinski definition) is 1. The Morgan fingerprint density at radius 2 is 1.74 bits per heavy atom. The van der Waals surface area contributed by atoms with Gasteiger partial charge in [-0.1, -0.05) is 52.8 Å². The van der Waals surface area contributed by atoms with E-state index in [1.165, 1.54) is 0 Å². The first kappa shape index (κ1) is 15.4. The summed E-state index contributed by atoms with van der Waals surface area (Å²) >= 11 is 0. The minimum atomic E-state index is -0.181. The smallest absolute Gasteiger partial charge is 0.251 e. The fourth-order valence-corrected chi connectivity index (χ4v) is 1.80. The Labute approximate surface area is 115 Å². The zero-order chi connectivity index (χ0) is 14.6. The van der Waals surface area contributed by atoms with Gasteiger partial charge in [-0.15, -0.1) is 0 Å². The van der Waals surface area contributed by atoms with Crippen molar-refractivity contribution >= 4 is 11.7 Å². The quantitative estimate of drug-likeness (QED) is 0.905. The average Bonchev–Trinajstić information content (AvgIpc) is 2.34. The van der Waals surface area contributed by atoms with Gasteiger partial charge in [-0.25, -0.2) is 0 Å². The number of rotatable bonds is 4. The van der Waals surface area contributed by atoms with Crippen LogP contribution in [-0.4, -0.2) is 18.2 Å². The van der Waals surface area contributed by atoms with Gasteiger partial charge in [0.1, 0.15) is 0 Å². The van der Waals surface area contributed by atoms with E-state index >= 15 is 0 Å². The molecule has 1 N–H and O–H groups in total. The number of nitrogens with one attached hydrogen (secondary N) is 1. The highest BCUT2D eigenvalue weighted by molar-refractivity contribution is 5.98. The lowest BCUT2D eigenvalue weighted by atomic mass is 9.83. The molecule has 104 valence electrons. The first-order valence-electron chi connectivity index (χ1n) is 6.64. The molecule has 0 bridgehead atoms. The summed E-state index contributed by atoms with van der Waals surface area (Å²) in [5.74, 6) is -0.195. The molecule has 1 amide bonds. The Hall–Kier alpha value is -1.64. The standard InChI is InChI=1S/C16H23NO2/c1-11(2)14(18)10-17-15(19)12-8-6-7-9-13(12)16(3,4)5/h6-9,11H,10H2,1-5H3,(H,17,19). The van der Waals surface area contributed by atoms with Crippen molar-refractivity contribution in [3.8, 4) is 0 Å². The third-order valence-corrected chi connectivity index (χ3v) is 3.05. The van der Waals surface area contributed by atoms with Crippen molar-refractivity contribution in [1.29, 1.82) is 0 Å². The van der Waals surface area contributed by atoms with E-state index in [9.17, 15) is 9.59 Å². The Kier molecular flexibility index (Phi) is 4.87. The average molecular weight is 261 g/mol. The molecule has 0 saturated carbocycles. The lowest BCUT2D eigenvalue weighted by molar-refractivity contribution is -0.120. The Bertz CT molecular complexity index is 470. The molecule has 0 atom stereocenters. The van der Waals surface area contributed by atoms with Gasteiger partial charge in [-0.05, 0) is 17.0 Å². The summed E-state index contributed by atoms with van der Waals surface area (Å²) in [7, 11) is 0. The van der Waals surface area contributed by atoms with E-state index < -0.39 is 0 Å². The highest BCUT2D eigenvalue weighted by Crippen LogP contribution is 2.25. The zero-order valence-electron chi connectivity index (χ0n) is 12.4. The van der Waals surface area contributed by atoms with E-state index in [-0.39, 0.29) is 29.6 Å². The van der Waals surface area contributed by atoms with Crippen molar-refractivity contribution in [3.63, 3.8) is 0 Å². The van der Waals surface area contributed by atoms with Crippen LogP contribution >= 0.6 is 0 Å². The van der Waals surface area contributed by atoms with Gasteiger partial charge in [0.05, 0.1) is 6.54 Å². The second-order valence-corrected chi connectivity index (χ2v) is 6.10. The molecule has 0 aliphatic heterocycles. The molecule has 3 heteroatoms. The largest absolute Gasteiger partial charge is 0.345 e. The SMILES string of the molecule is CC(C)C(=O)CNC(=O)c1ccccc1C(C)(C)C. The van der Waals surface area contributed by atoms with Crippen LogP contribution in [0.15, 0.2) is 24.3 Å². The first-order chi connectivity index (χ1) is 8.73. The Balaban J connectivity index is 2.86. The summed E-state index contributed by atoms with van der Waals surface area (Å²) in [4.78, 5) is 23.7. The summed E-state index contributed by atoms with van der Waals surface area (Å²) in [6, 6.07) is 7.53. The van der Waals surface area contributed by atoms with E-state index in [1.54, 1.807) is 6.07 Å². The molecule has 0 aliphatic carbocycles. The molecule has 0 saturated heterocycles. The number of carbonyl (C=O) groups excluding carboxylic acids is 2. The van der Waals surface area contributed by atoms with Crippen molar-refractivity contribution in [2.24, 2.45) is 5.92 Å². The fraction of sp³-hybridized carbons (Fsp3) is 0.500. The van der Waals surface area contributed by atoms with E-state index in [0.717, 1.165) is 5.56 Å². The van der Waals surface area contributed by atoms with Gasteiger partial charge < -0.3 is 5.32 Å². The molecule has 0 unspecified atom stereocenters. The molecule has 0 aliphatic rings. The third-order valence-electron chi connectivity index (χ3n) is 3.05. The normalized spacial score (nSPS) is 11.5. The van der Waals surface area contributed by atoms with Crippen LogP contribution in [0.4, 0.5) is 0 Å². The van der Waals surface area contributed by atoms with Crippen molar-refractivity contribution < 1.29 is 9.59 Å². The molecular weight excluding hydrogens is 238 g/mol. The molecule has 3 nitrogen and oxygen atoms in total. The number of Topliss-reactive ketones (excluding diaryl/α,β-unsaturated/α-hetero) is 1. The minimum absolute atomic E-state index is 0.0431. The number of carbonyl (C=O) groups is 2. The number of ketones is 1. The van der Waals surface area contributed by atoms with E-state index in [0.29, 0.717) is 5.56 Å². The molecule has 19 heavy (non-hydrogen) atoms. The highest BCUT2D eigenvalue weighted by atomic mass is 16.2. The summed E-state index contributed by atoms with van der Waals surface area (Å²) < 4.78 is 0. The van der Waals surface area contributed by atoms with E-state index in [1.807, 2.05) is 32.0 Å². The predicted molar refractivity (Wildman–Crippen MR) is 77.3 cm³/mol. The van der Waals surface area contributed by atoms with Crippen LogP contribution in [-0.2, 0) is 10.2 Å². The maximum atomic E-state index is 12.2. The molecule has 0 spiro atoms.